The molecule has 1 saturated carbocycles. The number of piperidine rings is 1. The van der Waals surface area contributed by atoms with Crippen LogP contribution in [0, 0.1) is 22.7 Å². The molecule has 1 N–H and O–H groups in total. The summed E-state index contributed by atoms with van der Waals surface area (Å²) in [6.07, 6.45) is 2.84. The van der Waals surface area contributed by atoms with E-state index < -0.39 is 17.2 Å². The zero-order chi connectivity index (χ0) is 21.4. The number of nitriles is 2. The van der Waals surface area contributed by atoms with Gasteiger partial charge in [0.05, 0.1) is 11.1 Å². The number of hydrogen-bond donors (Lipinski definition) is 1. The standard InChI is InChI=1S/C21H26ClN5O2/c1-20(2,3)29-19(28)26-21(4)7-9-27(10-8-21)18-15(12-24)16(13-5-6-13)14(11-23)17(22)25-18/h13H,5-10H2,1-4H3,(H,26,28). The highest BCUT2D eigenvalue weighted by atomic mass is 35.5. The molecule has 7 nitrogen and oxygen atoms in total. The van der Waals surface area contributed by atoms with Crippen LogP contribution in [0.5, 0.6) is 0 Å². The summed E-state index contributed by atoms with van der Waals surface area (Å²) in [5.41, 5.74) is 0.567. The summed E-state index contributed by atoms with van der Waals surface area (Å²) >= 11 is 6.30. The Hall–Kier alpha value is -2.51. The van der Waals surface area contributed by atoms with Gasteiger partial charge in [-0.15, -0.1) is 0 Å². The van der Waals surface area contributed by atoms with Crippen molar-refractivity contribution in [3.63, 3.8) is 0 Å². The Morgan fingerprint density at radius 3 is 2.31 bits per heavy atom. The summed E-state index contributed by atoms with van der Waals surface area (Å²) in [4.78, 5) is 18.6. The number of anilines is 1. The zero-order valence-electron chi connectivity index (χ0n) is 17.3. The lowest BCUT2D eigenvalue weighted by molar-refractivity contribution is 0.0448. The molecule has 2 aliphatic rings. The highest BCUT2D eigenvalue weighted by Gasteiger charge is 2.37. The van der Waals surface area contributed by atoms with Gasteiger partial charge < -0.3 is 15.0 Å². The van der Waals surface area contributed by atoms with E-state index >= 15 is 0 Å². The lowest BCUT2D eigenvalue weighted by Gasteiger charge is -2.41. The van der Waals surface area contributed by atoms with Gasteiger partial charge in [-0.05, 0) is 64.9 Å². The fraction of sp³-hybridized carbons (Fsp3) is 0.619. The minimum atomic E-state index is -0.550. The molecule has 0 radical (unpaired) electrons. The van der Waals surface area contributed by atoms with Crippen molar-refractivity contribution in [1.29, 1.82) is 10.5 Å². The molecule has 2 fully saturated rings. The van der Waals surface area contributed by atoms with Crippen LogP contribution in [0.1, 0.15) is 76.0 Å². The molecule has 1 saturated heterocycles. The maximum absolute atomic E-state index is 12.2. The molecule has 1 amide bonds. The van der Waals surface area contributed by atoms with Gasteiger partial charge >= 0.3 is 6.09 Å². The normalized spacial score (nSPS) is 18.5. The Morgan fingerprint density at radius 1 is 1.24 bits per heavy atom. The lowest BCUT2D eigenvalue weighted by atomic mass is 9.89. The van der Waals surface area contributed by atoms with E-state index in [-0.39, 0.29) is 11.1 Å². The van der Waals surface area contributed by atoms with Gasteiger partial charge in [0.1, 0.15) is 28.7 Å². The van der Waals surface area contributed by atoms with E-state index in [1.807, 2.05) is 32.6 Å². The van der Waals surface area contributed by atoms with Crippen molar-refractivity contribution in [3.05, 3.63) is 21.8 Å². The SMILES string of the molecule is CC1(NC(=O)OC(C)(C)C)CCN(c2nc(Cl)c(C#N)c(C3CC3)c2C#N)CC1. The second-order valence-electron chi connectivity index (χ2n) is 9.06. The van der Waals surface area contributed by atoms with Crippen LogP contribution in [-0.4, -0.2) is 35.3 Å². The number of alkyl carbamates (subject to hydrolysis) is 1. The van der Waals surface area contributed by atoms with Crippen molar-refractivity contribution < 1.29 is 9.53 Å². The van der Waals surface area contributed by atoms with E-state index in [0.29, 0.717) is 42.9 Å². The second kappa shape index (κ2) is 7.72. The van der Waals surface area contributed by atoms with Gasteiger partial charge in [-0.2, -0.15) is 10.5 Å². The number of carbonyl (C=O) groups is 1. The van der Waals surface area contributed by atoms with Crippen molar-refractivity contribution in [2.75, 3.05) is 18.0 Å². The number of nitrogens with one attached hydrogen (secondary N) is 1. The summed E-state index contributed by atoms with van der Waals surface area (Å²) in [6, 6.07) is 4.38. The Kier molecular flexibility index (Phi) is 5.65. The van der Waals surface area contributed by atoms with E-state index in [0.717, 1.165) is 18.4 Å². The van der Waals surface area contributed by atoms with Gasteiger partial charge in [-0.25, -0.2) is 9.78 Å². The van der Waals surface area contributed by atoms with Crippen LogP contribution in [0.15, 0.2) is 0 Å². The zero-order valence-corrected chi connectivity index (χ0v) is 18.1. The molecule has 1 aromatic heterocycles. The Bertz CT molecular complexity index is 898. The molecule has 1 aliphatic carbocycles. The Morgan fingerprint density at radius 2 is 1.83 bits per heavy atom. The molecule has 2 heterocycles. The summed E-state index contributed by atoms with van der Waals surface area (Å²) in [5, 5.41) is 22.4. The first-order chi connectivity index (χ1) is 13.6. The molecule has 0 spiro atoms. The summed E-state index contributed by atoms with van der Waals surface area (Å²) in [6.45, 7) is 8.71. The lowest BCUT2D eigenvalue weighted by Crippen LogP contribution is -2.54. The van der Waals surface area contributed by atoms with E-state index in [4.69, 9.17) is 16.3 Å². The van der Waals surface area contributed by atoms with Gasteiger partial charge in [0.2, 0.25) is 0 Å². The molecule has 1 aliphatic heterocycles. The molecule has 0 atom stereocenters. The number of halogens is 1. The Balaban J connectivity index is 1.79. The minimum absolute atomic E-state index is 0.156. The number of carbonyl (C=O) groups excluding carboxylic acids is 1. The highest BCUT2D eigenvalue weighted by molar-refractivity contribution is 6.30. The van der Waals surface area contributed by atoms with Gasteiger partial charge in [0.25, 0.3) is 0 Å². The molecular formula is C21H26ClN5O2. The van der Waals surface area contributed by atoms with Gasteiger partial charge in [-0.3, -0.25) is 0 Å². The largest absolute Gasteiger partial charge is 0.444 e. The van der Waals surface area contributed by atoms with Crippen LogP contribution in [0.3, 0.4) is 0 Å². The van der Waals surface area contributed by atoms with Gasteiger partial charge in [0.15, 0.2) is 0 Å². The topological polar surface area (TPSA) is 102 Å². The van der Waals surface area contributed by atoms with E-state index in [1.54, 1.807) is 0 Å². The first kappa shape index (κ1) is 21.2. The van der Waals surface area contributed by atoms with Crippen molar-refractivity contribution in [2.24, 2.45) is 0 Å². The molecular weight excluding hydrogens is 390 g/mol. The van der Waals surface area contributed by atoms with Crippen molar-refractivity contribution in [2.45, 2.75) is 70.4 Å². The Labute approximate surface area is 176 Å². The van der Waals surface area contributed by atoms with Crippen LogP contribution in [0.4, 0.5) is 10.6 Å². The molecule has 29 heavy (non-hydrogen) atoms. The number of nitrogens with zero attached hydrogens (tertiary/aromatic N) is 4. The van der Waals surface area contributed by atoms with Gasteiger partial charge in [0, 0.05) is 18.6 Å². The van der Waals surface area contributed by atoms with Crippen LogP contribution in [0.2, 0.25) is 5.15 Å². The number of rotatable bonds is 3. The number of pyridine rings is 1. The third kappa shape index (κ3) is 4.74. The highest BCUT2D eigenvalue weighted by Crippen LogP contribution is 2.46. The van der Waals surface area contributed by atoms with E-state index in [1.165, 1.54) is 0 Å². The van der Waals surface area contributed by atoms with Crippen molar-refractivity contribution >= 4 is 23.5 Å². The molecule has 0 aromatic carbocycles. The second-order valence-corrected chi connectivity index (χ2v) is 9.42. The molecule has 0 bridgehead atoms. The molecule has 154 valence electrons. The number of hydrogen-bond acceptors (Lipinski definition) is 6. The van der Waals surface area contributed by atoms with Crippen LogP contribution in [0.25, 0.3) is 0 Å². The van der Waals surface area contributed by atoms with Gasteiger partial charge in [-0.1, -0.05) is 11.6 Å². The maximum Gasteiger partial charge on any atom is 0.408 e. The van der Waals surface area contributed by atoms with Crippen LogP contribution in [-0.2, 0) is 4.74 Å². The van der Waals surface area contributed by atoms with Crippen LogP contribution >= 0.6 is 11.6 Å². The quantitative estimate of drug-likeness (QED) is 0.740. The van der Waals surface area contributed by atoms with E-state index in [9.17, 15) is 15.3 Å². The maximum atomic E-state index is 12.2. The summed E-state index contributed by atoms with van der Waals surface area (Å²) < 4.78 is 5.38. The predicted octanol–water partition coefficient (Wildman–Crippen LogP) is 4.24. The molecule has 1 aromatic rings. The van der Waals surface area contributed by atoms with Crippen LogP contribution < -0.4 is 10.2 Å². The number of amides is 1. The smallest absolute Gasteiger partial charge is 0.408 e. The molecule has 0 unspecified atom stereocenters. The molecule has 3 rings (SSSR count). The average molecular weight is 416 g/mol. The van der Waals surface area contributed by atoms with Crippen molar-refractivity contribution in [1.82, 2.24) is 10.3 Å². The summed E-state index contributed by atoms with van der Waals surface area (Å²) in [7, 11) is 0. The third-order valence-corrected chi connectivity index (χ3v) is 5.62. The third-order valence-electron chi connectivity index (χ3n) is 5.35. The number of aromatic nitrogens is 1. The predicted molar refractivity (Wildman–Crippen MR) is 110 cm³/mol. The first-order valence-corrected chi connectivity index (χ1v) is 10.2. The summed E-state index contributed by atoms with van der Waals surface area (Å²) in [5.74, 6) is 0.750. The molecule has 8 heteroatoms. The fourth-order valence-corrected chi connectivity index (χ4v) is 3.90. The fourth-order valence-electron chi connectivity index (χ4n) is 3.67. The monoisotopic (exact) mass is 415 g/mol. The minimum Gasteiger partial charge on any atom is -0.444 e. The van der Waals surface area contributed by atoms with E-state index in [2.05, 4.69) is 22.4 Å². The van der Waals surface area contributed by atoms with Crippen molar-refractivity contribution in [3.8, 4) is 12.1 Å². The average Bonchev–Trinajstić information content (AvgIpc) is 3.44. The number of ether oxygens (including phenoxy) is 1. The first-order valence-electron chi connectivity index (χ1n) is 9.86.